The van der Waals surface area contributed by atoms with Gasteiger partial charge in [0, 0.05) is 19.2 Å². The van der Waals surface area contributed by atoms with E-state index in [0.717, 1.165) is 0 Å². The highest BCUT2D eigenvalue weighted by Gasteiger charge is 2.29. The van der Waals surface area contributed by atoms with Gasteiger partial charge in [0.05, 0.1) is 0 Å². The molecule has 0 saturated heterocycles. The van der Waals surface area contributed by atoms with E-state index in [9.17, 15) is 5.26 Å². The van der Waals surface area contributed by atoms with E-state index in [-0.39, 0.29) is 0 Å². The number of para-hydroxylation sites is 1. The first-order valence-corrected chi connectivity index (χ1v) is 5.47. The van der Waals surface area contributed by atoms with E-state index in [1.54, 1.807) is 43.5 Å². The Balaban J connectivity index is 2.14. The molecule has 1 aromatic heterocycles. The third-order valence-corrected chi connectivity index (χ3v) is 2.20. The standard InChI is InChI=1S/C14H12N2O2/c1-14(11-15,17-12-7-3-2-4-8-12)18-13-9-5-6-10-16-13/h2-10H,1H3. The molecule has 0 aliphatic heterocycles. The molecule has 0 aliphatic carbocycles. The molecular weight excluding hydrogens is 228 g/mol. The minimum atomic E-state index is -1.41. The summed E-state index contributed by atoms with van der Waals surface area (Å²) >= 11 is 0. The van der Waals surface area contributed by atoms with Crippen LogP contribution in [-0.4, -0.2) is 10.8 Å². The lowest BCUT2D eigenvalue weighted by atomic mass is 10.3. The van der Waals surface area contributed by atoms with E-state index < -0.39 is 5.79 Å². The molecule has 1 aromatic carbocycles. The van der Waals surface area contributed by atoms with Crippen molar-refractivity contribution in [3.05, 3.63) is 54.7 Å². The third kappa shape index (κ3) is 2.98. The van der Waals surface area contributed by atoms with Crippen LogP contribution >= 0.6 is 0 Å². The number of benzene rings is 1. The van der Waals surface area contributed by atoms with Crippen LogP contribution in [0.15, 0.2) is 54.7 Å². The van der Waals surface area contributed by atoms with Gasteiger partial charge in [0.1, 0.15) is 5.75 Å². The van der Waals surface area contributed by atoms with E-state index in [4.69, 9.17) is 9.47 Å². The van der Waals surface area contributed by atoms with Crippen LogP contribution in [0.4, 0.5) is 0 Å². The second-order valence-electron chi connectivity index (χ2n) is 3.74. The van der Waals surface area contributed by atoms with Crippen LogP contribution in [0.3, 0.4) is 0 Å². The van der Waals surface area contributed by atoms with Crippen molar-refractivity contribution in [1.29, 1.82) is 5.26 Å². The van der Waals surface area contributed by atoms with Gasteiger partial charge < -0.3 is 9.47 Å². The Bertz CT molecular complexity index is 493. The summed E-state index contributed by atoms with van der Waals surface area (Å²) in [5, 5.41) is 9.18. The number of nitriles is 1. The fourth-order valence-electron chi connectivity index (χ4n) is 1.39. The van der Waals surface area contributed by atoms with Gasteiger partial charge in [-0.25, -0.2) is 4.98 Å². The van der Waals surface area contributed by atoms with Gasteiger partial charge in [0.15, 0.2) is 6.07 Å². The van der Waals surface area contributed by atoms with E-state index >= 15 is 0 Å². The molecule has 1 atom stereocenters. The Morgan fingerprint density at radius 1 is 1.06 bits per heavy atom. The minimum absolute atomic E-state index is 0.345. The first-order valence-electron chi connectivity index (χ1n) is 5.47. The molecule has 1 heterocycles. The third-order valence-electron chi connectivity index (χ3n) is 2.20. The van der Waals surface area contributed by atoms with Crippen molar-refractivity contribution < 1.29 is 9.47 Å². The van der Waals surface area contributed by atoms with Crippen molar-refractivity contribution in [2.45, 2.75) is 12.7 Å². The van der Waals surface area contributed by atoms with Crippen molar-refractivity contribution in [2.24, 2.45) is 0 Å². The topological polar surface area (TPSA) is 55.1 Å². The molecule has 0 aliphatic rings. The summed E-state index contributed by atoms with van der Waals surface area (Å²) in [6.07, 6.45) is 1.59. The summed E-state index contributed by atoms with van der Waals surface area (Å²) in [6.45, 7) is 1.55. The Morgan fingerprint density at radius 3 is 2.39 bits per heavy atom. The van der Waals surface area contributed by atoms with Gasteiger partial charge in [-0.05, 0) is 18.2 Å². The molecule has 0 bridgehead atoms. The van der Waals surface area contributed by atoms with Crippen molar-refractivity contribution >= 4 is 0 Å². The smallest absolute Gasteiger partial charge is 0.340 e. The van der Waals surface area contributed by atoms with Gasteiger partial charge in [-0.2, -0.15) is 5.26 Å². The second-order valence-corrected chi connectivity index (χ2v) is 3.74. The van der Waals surface area contributed by atoms with E-state index in [0.29, 0.717) is 11.6 Å². The predicted molar refractivity (Wildman–Crippen MR) is 66.0 cm³/mol. The van der Waals surface area contributed by atoms with Crippen molar-refractivity contribution in [2.75, 3.05) is 0 Å². The number of rotatable bonds is 4. The van der Waals surface area contributed by atoms with E-state index in [2.05, 4.69) is 4.98 Å². The summed E-state index contributed by atoms with van der Waals surface area (Å²) in [5.74, 6) is -0.495. The Kier molecular flexibility index (Phi) is 3.44. The maximum Gasteiger partial charge on any atom is 0.340 e. The molecule has 0 spiro atoms. The van der Waals surface area contributed by atoms with Gasteiger partial charge >= 0.3 is 5.79 Å². The van der Waals surface area contributed by atoms with Gasteiger partial charge in [-0.1, -0.05) is 24.3 Å². The molecule has 0 amide bonds. The maximum absolute atomic E-state index is 9.18. The van der Waals surface area contributed by atoms with Gasteiger partial charge in [-0.3, -0.25) is 0 Å². The molecule has 0 N–H and O–H groups in total. The van der Waals surface area contributed by atoms with Gasteiger partial charge in [0.2, 0.25) is 5.88 Å². The van der Waals surface area contributed by atoms with Gasteiger partial charge in [-0.15, -0.1) is 0 Å². The zero-order valence-corrected chi connectivity index (χ0v) is 9.91. The number of nitrogens with zero attached hydrogens (tertiary/aromatic N) is 2. The molecule has 0 saturated carbocycles. The fraction of sp³-hybridized carbons (Fsp3) is 0.143. The van der Waals surface area contributed by atoms with Crippen molar-refractivity contribution in [3.8, 4) is 17.7 Å². The molecule has 2 rings (SSSR count). The largest absolute Gasteiger partial charge is 0.441 e. The SMILES string of the molecule is CC(C#N)(Oc1ccccc1)Oc1ccccn1. The van der Waals surface area contributed by atoms with Crippen molar-refractivity contribution in [1.82, 2.24) is 4.98 Å². The number of ether oxygens (including phenoxy) is 2. The zero-order chi connectivity index (χ0) is 12.8. The zero-order valence-electron chi connectivity index (χ0n) is 9.91. The van der Waals surface area contributed by atoms with Crippen LogP contribution < -0.4 is 9.47 Å². The van der Waals surface area contributed by atoms with E-state index in [1.165, 1.54) is 0 Å². The number of pyridine rings is 1. The van der Waals surface area contributed by atoms with Crippen LogP contribution in [0.2, 0.25) is 0 Å². The predicted octanol–water partition coefficient (Wildman–Crippen LogP) is 2.78. The maximum atomic E-state index is 9.18. The molecule has 90 valence electrons. The first-order chi connectivity index (χ1) is 8.72. The Labute approximate surface area is 105 Å². The summed E-state index contributed by atoms with van der Waals surface area (Å²) in [7, 11) is 0. The highest BCUT2D eigenvalue weighted by molar-refractivity contribution is 5.23. The lowest BCUT2D eigenvalue weighted by Gasteiger charge is -2.23. The minimum Gasteiger partial charge on any atom is -0.441 e. The van der Waals surface area contributed by atoms with E-state index in [1.807, 2.05) is 24.3 Å². The van der Waals surface area contributed by atoms with Crippen LogP contribution in [0.25, 0.3) is 0 Å². The molecule has 18 heavy (non-hydrogen) atoms. The fourth-order valence-corrected chi connectivity index (χ4v) is 1.39. The summed E-state index contributed by atoms with van der Waals surface area (Å²) in [6, 6.07) is 16.3. The Morgan fingerprint density at radius 2 is 1.78 bits per heavy atom. The molecule has 4 nitrogen and oxygen atoms in total. The second kappa shape index (κ2) is 5.19. The summed E-state index contributed by atoms with van der Waals surface area (Å²) in [5.41, 5.74) is 0. The number of aromatic nitrogens is 1. The lowest BCUT2D eigenvalue weighted by Crippen LogP contribution is -2.37. The highest BCUT2D eigenvalue weighted by atomic mass is 16.7. The summed E-state index contributed by atoms with van der Waals surface area (Å²) in [4.78, 5) is 4.00. The highest BCUT2D eigenvalue weighted by Crippen LogP contribution is 2.20. The van der Waals surface area contributed by atoms with Crippen molar-refractivity contribution in [3.63, 3.8) is 0 Å². The molecule has 2 aromatic rings. The number of hydrogen-bond acceptors (Lipinski definition) is 4. The average molecular weight is 240 g/mol. The normalized spacial score (nSPS) is 13.1. The molecule has 4 heteroatoms. The number of hydrogen-bond donors (Lipinski definition) is 0. The molecular formula is C14H12N2O2. The lowest BCUT2D eigenvalue weighted by molar-refractivity contribution is -0.0500. The Hall–Kier alpha value is -2.54. The van der Waals surface area contributed by atoms with Gasteiger partial charge in [0.25, 0.3) is 0 Å². The first kappa shape index (κ1) is 11.9. The van der Waals surface area contributed by atoms with Crippen LogP contribution in [-0.2, 0) is 0 Å². The summed E-state index contributed by atoms with van der Waals surface area (Å²) < 4.78 is 11.0. The molecule has 1 unspecified atom stereocenters. The monoisotopic (exact) mass is 240 g/mol. The van der Waals surface area contributed by atoms with Crippen LogP contribution in [0.5, 0.6) is 11.6 Å². The van der Waals surface area contributed by atoms with Crippen LogP contribution in [0.1, 0.15) is 6.92 Å². The quantitative estimate of drug-likeness (QED) is 0.771. The van der Waals surface area contributed by atoms with Crippen LogP contribution in [0, 0.1) is 11.3 Å². The molecule has 0 radical (unpaired) electrons. The molecule has 0 fully saturated rings. The average Bonchev–Trinajstić information content (AvgIpc) is 2.41.